The minimum atomic E-state index is -0.199. The van der Waals surface area contributed by atoms with Gasteiger partial charge >= 0.3 is 0 Å². The lowest BCUT2D eigenvalue weighted by molar-refractivity contribution is -0.113. The summed E-state index contributed by atoms with van der Waals surface area (Å²) in [6, 6.07) is 18.5. The first-order valence-electron chi connectivity index (χ1n) is 9.04. The average Bonchev–Trinajstić information content (AvgIpc) is 3.43. The molecule has 3 heterocycles. The molecule has 1 aliphatic heterocycles. The molecule has 1 fully saturated rings. The Bertz CT molecular complexity index is 1240. The monoisotopic (exact) mass is 416 g/mol. The highest BCUT2D eigenvalue weighted by molar-refractivity contribution is 8.19. The maximum atomic E-state index is 12.9. The summed E-state index contributed by atoms with van der Waals surface area (Å²) in [6.07, 6.45) is 5.61. The summed E-state index contributed by atoms with van der Waals surface area (Å²) in [7, 11) is 0. The van der Waals surface area contributed by atoms with Crippen LogP contribution in [0.25, 0.3) is 17.0 Å². The van der Waals surface area contributed by atoms with Gasteiger partial charge in [0.1, 0.15) is 0 Å². The number of nitrogens with one attached hydrogen (secondary N) is 1. The predicted molar refractivity (Wildman–Crippen MR) is 120 cm³/mol. The number of fused-ring (bicyclic) bond motifs is 1. The Morgan fingerprint density at radius 2 is 1.86 bits per heavy atom. The summed E-state index contributed by atoms with van der Waals surface area (Å²) in [4.78, 5) is 19.0. The molecule has 0 radical (unpaired) electrons. The van der Waals surface area contributed by atoms with Gasteiger partial charge in [-0.3, -0.25) is 10.2 Å². The van der Waals surface area contributed by atoms with Gasteiger partial charge in [-0.2, -0.15) is 0 Å². The number of amides is 1. The number of aromatic nitrogens is 2. The molecule has 0 unspecified atom stereocenters. The number of thioether (sulfide) groups is 1. The molecule has 0 spiro atoms. The Hall–Kier alpha value is -3.16. The van der Waals surface area contributed by atoms with E-state index in [1.807, 2.05) is 36.4 Å². The van der Waals surface area contributed by atoms with Crippen molar-refractivity contribution < 1.29 is 4.79 Å². The molecule has 4 aromatic rings. The van der Waals surface area contributed by atoms with E-state index in [0.717, 1.165) is 23.0 Å². The molecule has 5 nitrogen and oxygen atoms in total. The van der Waals surface area contributed by atoms with Crippen LogP contribution < -0.4 is 4.90 Å². The number of anilines is 1. The van der Waals surface area contributed by atoms with E-state index >= 15 is 0 Å². The van der Waals surface area contributed by atoms with Gasteiger partial charge in [0.15, 0.2) is 10.3 Å². The highest BCUT2D eigenvalue weighted by atomic mass is 32.2. The van der Waals surface area contributed by atoms with Crippen LogP contribution in [0.1, 0.15) is 11.1 Å². The van der Waals surface area contributed by atoms with Crippen molar-refractivity contribution in [3.63, 3.8) is 0 Å². The highest BCUT2D eigenvalue weighted by Gasteiger charge is 2.35. The number of carbonyl (C=O) groups excluding carboxylic acids is 1. The van der Waals surface area contributed by atoms with Gasteiger partial charge in [0.05, 0.1) is 4.91 Å². The first-order valence-corrected chi connectivity index (χ1v) is 10.7. The molecule has 0 aliphatic carbocycles. The number of nitrogens with zero attached hydrogens (tertiary/aromatic N) is 3. The van der Waals surface area contributed by atoms with Crippen LogP contribution in [-0.2, 0) is 11.3 Å². The van der Waals surface area contributed by atoms with Crippen LogP contribution in [0.15, 0.2) is 77.3 Å². The zero-order valence-electron chi connectivity index (χ0n) is 15.3. The molecule has 29 heavy (non-hydrogen) atoms. The van der Waals surface area contributed by atoms with Gasteiger partial charge in [0.2, 0.25) is 0 Å². The first-order chi connectivity index (χ1) is 14.2. The molecule has 142 valence electrons. The number of rotatable bonds is 4. The third-order valence-corrected chi connectivity index (χ3v) is 6.38. The number of amidine groups is 1. The van der Waals surface area contributed by atoms with Crippen molar-refractivity contribution in [1.29, 1.82) is 5.41 Å². The smallest absolute Gasteiger partial charge is 0.273 e. The van der Waals surface area contributed by atoms with Crippen LogP contribution in [0.5, 0.6) is 0 Å². The Morgan fingerprint density at radius 1 is 1.07 bits per heavy atom. The first kappa shape index (κ1) is 17.9. The minimum Gasteiger partial charge on any atom is -0.342 e. The SMILES string of the molecule is N=C1SC(=Cc2cn(Cc3ccccc3)c3ccccc23)C(=O)N1c1nccs1. The van der Waals surface area contributed by atoms with Crippen molar-refractivity contribution in [3.8, 4) is 0 Å². The summed E-state index contributed by atoms with van der Waals surface area (Å²) in [5, 5.41) is 11.8. The summed E-state index contributed by atoms with van der Waals surface area (Å²) >= 11 is 2.53. The molecule has 0 bridgehead atoms. The zero-order chi connectivity index (χ0) is 19.8. The Balaban J connectivity index is 1.54. The van der Waals surface area contributed by atoms with E-state index in [0.29, 0.717) is 10.0 Å². The summed E-state index contributed by atoms with van der Waals surface area (Å²) in [6.45, 7) is 0.757. The van der Waals surface area contributed by atoms with Crippen molar-refractivity contribution in [2.75, 3.05) is 4.90 Å². The number of hydrogen-bond acceptors (Lipinski definition) is 5. The molecular weight excluding hydrogens is 400 g/mol. The fourth-order valence-corrected chi connectivity index (χ4v) is 4.97. The Morgan fingerprint density at radius 3 is 2.66 bits per heavy atom. The third-order valence-electron chi connectivity index (χ3n) is 4.74. The Labute approximate surface area is 175 Å². The van der Waals surface area contributed by atoms with E-state index in [1.54, 1.807) is 11.6 Å². The van der Waals surface area contributed by atoms with Crippen molar-refractivity contribution in [2.24, 2.45) is 0 Å². The fraction of sp³-hybridized carbons (Fsp3) is 0.0455. The van der Waals surface area contributed by atoms with Crippen LogP contribution in [0.3, 0.4) is 0 Å². The lowest BCUT2D eigenvalue weighted by atomic mass is 10.1. The van der Waals surface area contributed by atoms with Gasteiger partial charge in [0.25, 0.3) is 5.91 Å². The largest absolute Gasteiger partial charge is 0.342 e. The maximum Gasteiger partial charge on any atom is 0.273 e. The van der Waals surface area contributed by atoms with Crippen LogP contribution in [0.2, 0.25) is 0 Å². The van der Waals surface area contributed by atoms with E-state index in [2.05, 4.69) is 40.0 Å². The molecule has 1 aliphatic rings. The molecule has 5 rings (SSSR count). The molecule has 2 aromatic carbocycles. The fourth-order valence-electron chi connectivity index (χ4n) is 3.43. The lowest BCUT2D eigenvalue weighted by Gasteiger charge is -2.08. The van der Waals surface area contributed by atoms with Gasteiger partial charge in [0, 0.05) is 40.8 Å². The molecular formula is C22H16N4OS2. The van der Waals surface area contributed by atoms with Crippen molar-refractivity contribution in [1.82, 2.24) is 9.55 Å². The molecule has 0 atom stereocenters. The van der Waals surface area contributed by atoms with Gasteiger partial charge in [-0.05, 0) is 29.5 Å². The number of carbonyl (C=O) groups is 1. The molecule has 7 heteroatoms. The molecule has 2 aromatic heterocycles. The van der Waals surface area contributed by atoms with Gasteiger partial charge < -0.3 is 4.57 Å². The lowest BCUT2D eigenvalue weighted by Crippen LogP contribution is -2.27. The van der Waals surface area contributed by atoms with Crippen LogP contribution >= 0.6 is 23.1 Å². The van der Waals surface area contributed by atoms with Crippen LogP contribution in [0.4, 0.5) is 5.13 Å². The van der Waals surface area contributed by atoms with Crippen molar-refractivity contribution in [3.05, 3.63) is 88.4 Å². The summed E-state index contributed by atoms with van der Waals surface area (Å²) in [5.41, 5.74) is 3.31. The van der Waals surface area contributed by atoms with E-state index in [-0.39, 0.29) is 11.1 Å². The second-order valence-electron chi connectivity index (χ2n) is 6.59. The summed E-state index contributed by atoms with van der Waals surface area (Å²) in [5.74, 6) is -0.199. The number of thiazole rings is 1. The zero-order valence-corrected chi connectivity index (χ0v) is 16.9. The standard InChI is InChI=1S/C22H16N4OS2/c23-21-26(22-24-10-11-28-22)20(27)19(29-21)12-16-14-25(13-15-6-2-1-3-7-15)18-9-5-4-8-17(16)18/h1-12,14,23H,13H2. The molecule has 1 N–H and O–H groups in total. The second kappa shape index (κ2) is 7.35. The number of para-hydroxylation sites is 1. The van der Waals surface area contributed by atoms with Gasteiger partial charge in [-0.25, -0.2) is 9.88 Å². The predicted octanol–water partition coefficient (Wildman–Crippen LogP) is 5.20. The number of hydrogen-bond donors (Lipinski definition) is 1. The topological polar surface area (TPSA) is 62.0 Å². The quantitative estimate of drug-likeness (QED) is 0.465. The minimum absolute atomic E-state index is 0.184. The second-order valence-corrected chi connectivity index (χ2v) is 8.49. The van der Waals surface area contributed by atoms with Crippen LogP contribution in [0, 0.1) is 5.41 Å². The van der Waals surface area contributed by atoms with E-state index in [1.165, 1.54) is 33.6 Å². The normalized spacial score (nSPS) is 15.7. The van der Waals surface area contributed by atoms with E-state index < -0.39 is 0 Å². The van der Waals surface area contributed by atoms with E-state index in [4.69, 9.17) is 5.41 Å². The Kier molecular flexibility index (Phi) is 4.54. The molecule has 0 saturated carbocycles. The molecule has 1 saturated heterocycles. The third kappa shape index (κ3) is 3.28. The van der Waals surface area contributed by atoms with Crippen LogP contribution in [-0.4, -0.2) is 20.6 Å². The summed E-state index contributed by atoms with van der Waals surface area (Å²) < 4.78 is 2.20. The number of benzene rings is 2. The highest BCUT2D eigenvalue weighted by Crippen LogP contribution is 2.37. The maximum absolute atomic E-state index is 12.9. The molecule has 1 amide bonds. The van der Waals surface area contributed by atoms with Gasteiger partial charge in [-0.1, -0.05) is 48.5 Å². The van der Waals surface area contributed by atoms with E-state index in [9.17, 15) is 4.79 Å². The van der Waals surface area contributed by atoms with Crippen molar-refractivity contribution >= 4 is 56.3 Å². The average molecular weight is 417 g/mol. The van der Waals surface area contributed by atoms with Crippen molar-refractivity contribution in [2.45, 2.75) is 6.54 Å². The van der Waals surface area contributed by atoms with Gasteiger partial charge in [-0.15, -0.1) is 11.3 Å².